The van der Waals surface area contributed by atoms with Crippen molar-refractivity contribution < 1.29 is 9.90 Å². The van der Waals surface area contributed by atoms with E-state index in [2.05, 4.69) is 25.4 Å². The predicted molar refractivity (Wildman–Crippen MR) is 89.5 cm³/mol. The summed E-state index contributed by atoms with van der Waals surface area (Å²) in [6, 6.07) is 4.56. The second-order valence-electron chi connectivity index (χ2n) is 5.55. The van der Waals surface area contributed by atoms with Crippen molar-refractivity contribution in [1.29, 1.82) is 0 Å². The molecule has 0 aliphatic heterocycles. The van der Waals surface area contributed by atoms with E-state index < -0.39 is 12.0 Å². The van der Waals surface area contributed by atoms with Crippen LogP contribution in [-0.4, -0.2) is 67.8 Å². The second kappa shape index (κ2) is 8.71. The second-order valence-corrected chi connectivity index (χ2v) is 6.49. The minimum atomic E-state index is -1.03. The highest BCUT2D eigenvalue weighted by Crippen LogP contribution is 2.19. The average molecular weight is 351 g/mol. The van der Waals surface area contributed by atoms with Crippen LogP contribution in [0.25, 0.3) is 0 Å². The zero-order valence-electron chi connectivity index (χ0n) is 13.7. The molecule has 130 valence electrons. The van der Waals surface area contributed by atoms with Crippen LogP contribution in [0.15, 0.2) is 23.4 Å². The van der Waals surface area contributed by atoms with Gasteiger partial charge in [0.1, 0.15) is 6.04 Å². The number of hydrogen-bond donors (Lipinski definition) is 2. The Balaban J connectivity index is 1.95. The number of pyridine rings is 1. The van der Waals surface area contributed by atoms with Crippen molar-refractivity contribution in [3.05, 3.63) is 29.6 Å². The highest BCUT2D eigenvalue weighted by atomic mass is 32.2. The molecule has 2 aromatic heterocycles. The van der Waals surface area contributed by atoms with E-state index in [1.54, 1.807) is 10.7 Å². The first-order valence-corrected chi connectivity index (χ1v) is 8.41. The zero-order chi connectivity index (χ0) is 17.5. The predicted octanol–water partition coefficient (Wildman–Crippen LogP) is -0.124. The fourth-order valence-electron chi connectivity index (χ4n) is 1.91. The van der Waals surface area contributed by atoms with E-state index in [0.29, 0.717) is 18.0 Å². The van der Waals surface area contributed by atoms with Gasteiger partial charge in [-0.2, -0.15) is 0 Å². The molecule has 0 fully saturated rings. The van der Waals surface area contributed by atoms with Crippen molar-refractivity contribution in [1.82, 2.24) is 30.1 Å². The molecule has 2 heterocycles. The molecule has 0 amide bonds. The van der Waals surface area contributed by atoms with Crippen LogP contribution in [0.3, 0.4) is 0 Å². The first-order chi connectivity index (χ1) is 11.5. The van der Waals surface area contributed by atoms with Crippen LogP contribution < -0.4 is 5.73 Å². The summed E-state index contributed by atoms with van der Waals surface area (Å²) >= 11 is 1.49. The molecule has 1 unspecified atom stereocenters. The molecule has 0 aliphatic carbocycles. The molecular weight excluding hydrogens is 330 g/mol. The number of nitrogens with zero attached hydrogens (tertiary/aromatic N) is 6. The van der Waals surface area contributed by atoms with E-state index in [9.17, 15) is 4.79 Å². The number of carboxylic acids is 1. The van der Waals surface area contributed by atoms with Crippen LogP contribution in [-0.2, 0) is 23.5 Å². The van der Waals surface area contributed by atoms with E-state index in [0.717, 1.165) is 17.4 Å². The SMILES string of the molecule is CN(C)CCn1nnnc1SCc1cccc(CC(N)C(=O)O)n1. The first kappa shape index (κ1) is 18.3. The molecule has 0 radical (unpaired) electrons. The van der Waals surface area contributed by atoms with E-state index in [1.807, 2.05) is 26.2 Å². The number of aliphatic carboxylic acids is 1. The molecule has 2 aromatic rings. The Bertz CT molecular complexity index is 677. The summed E-state index contributed by atoms with van der Waals surface area (Å²) in [6.45, 7) is 1.56. The molecule has 2 rings (SSSR count). The first-order valence-electron chi connectivity index (χ1n) is 7.42. The molecular formula is C14H21N7O2S. The number of rotatable bonds is 9. The van der Waals surface area contributed by atoms with E-state index in [-0.39, 0.29) is 6.42 Å². The minimum absolute atomic E-state index is 0.203. The molecule has 0 saturated heterocycles. The fourth-order valence-corrected chi connectivity index (χ4v) is 2.72. The summed E-state index contributed by atoms with van der Waals surface area (Å²) in [5.41, 5.74) is 7.04. The van der Waals surface area contributed by atoms with Gasteiger partial charge in [0.2, 0.25) is 5.16 Å². The Hall–Kier alpha value is -2.04. The van der Waals surface area contributed by atoms with Crippen LogP contribution in [0.1, 0.15) is 11.4 Å². The third kappa shape index (κ3) is 5.55. The highest BCUT2D eigenvalue weighted by Gasteiger charge is 2.13. The summed E-state index contributed by atoms with van der Waals surface area (Å²) in [6.07, 6.45) is 0.203. The van der Waals surface area contributed by atoms with Gasteiger partial charge in [-0.25, -0.2) is 4.68 Å². The molecule has 0 bridgehead atoms. The van der Waals surface area contributed by atoms with Crippen molar-refractivity contribution in [2.75, 3.05) is 20.6 Å². The van der Waals surface area contributed by atoms with Crippen LogP contribution in [0.2, 0.25) is 0 Å². The largest absolute Gasteiger partial charge is 0.480 e. The Kier molecular flexibility index (Phi) is 6.64. The van der Waals surface area contributed by atoms with Gasteiger partial charge in [-0.3, -0.25) is 9.78 Å². The molecule has 3 N–H and O–H groups in total. The zero-order valence-corrected chi connectivity index (χ0v) is 14.5. The number of carboxylic acid groups (broad SMARTS) is 1. The molecule has 0 aromatic carbocycles. The third-order valence-corrected chi connectivity index (χ3v) is 4.21. The van der Waals surface area contributed by atoms with Crippen LogP contribution in [0, 0.1) is 0 Å². The number of aromatic nitrogens is 5. The number of carbonyl (C=O) groups is 1. The topological polar surface area (TPSA) is 123 Å². The molecule has 1 atom stereocenters. The Morgan fingerprint density at radius 1 is 1.42 bits per heavy atom. The Morgan fingerprint density at radius 2 is 2.17 bits per heavy atom. The highest BCUT2D eigenvalue weighted by molar-refractivity contribution is 7.98. The maximum Gasteiger partial charge on any atom is 0.320 e. The van der Waals surface area contributed by atoms with Crippen molar-refractivity contribution in [3.63, 3.8) is 0 Å². The van der Waals surface area contributed by atoms with Crippen molar-refractivity contribution >= 4 is 17.7 Å². The van der Waals surface area contributed by atoms with Crippen molar-refractivity contribution in [2.24, 2.45) is 5.73 Å². The van der Waals surface area contributed by atoms with Crippen molar-refractivity contribution in [3.8, 4) is 0 Å². The lowest BCUT2D eigenvalue weighted by Crippen LogP contribution is -2.32. The summed E-state index contributed by atoms with van der Waals surface area (Å²) in [4.78, 5) is 17.3. The molecule has 9 nitrogen and oxygen atoms in total. The van der Waals surface area contributed by atoms with E-state index in [4.69, 9.17) is 10.8 Å². The standard InChI is InChI=1S/C14H21N7O2S/c1-20(2)6-7-21-14(17-18-19-21)24-9-11-5-3-4-10(16-11)8-12(15)13(22)23/h3-5,12H,6-9,15H2,1-2H3,(H,22,23). The lowest BCUT2D eigenvalue weighted by atomic mass is 10.1. The fraction of sp³-hybridized carbons (Fsp3) is 0.500. The summed E-state index contributed by atoms with van der Waals surface area (Å²) in [7, 11) is 3.99. The van der Waals surface area contributed by atoms with Gasteiger partial charge in [0.05, 0.1) is 12.2 Å². The van der Waals surface area contributed by atoms with Gasteiger partial charge < -0.3 is 15.7 Å². The smallest absolute Gasteiger partial charge is 0.320 e. The molecule has 0 saturated carbocycles. The monoisotopic (exact) mass is 351 g/mol. The van der Waals surface area contributed by atoms with E-state index >= 15 is 0 Å². The molecule has 0 spiro atoms. The lowest BCUT2D eigenvalue weighted by Gasteiger charge is -2.10. The number of likely N-dealkylation sites (N-methyl/N-ethyl adjacent to an activating group) is 1. The summed E-state index contributed by atoms with van der Waals surface area (Å²) < 4.78 is 1.76. The number of hydrogen-bond acceptors (Lipinski definition) is 8. The number of thioether (sulfide) groups is 1. The van der Waals surface area contributed by atoms with Gasteiger partial charge in [-0.15, -0.1) is 5.10 Å². The van der Waals surface area contributed by atoms with Gasteiger partial charge in [0.15, 0.2) is 0 Å². The minimum Gasteiger partial charge on any atom is -0.480 e. The van der Waals surface area contributed by atoms with Gasteiger partial charge in [-0.05, 0) is 36.7 Å². The third-order valence-electron chi connectivity index (χ3n) is 3.22. The number of nitrogens with two attached hydrogens (primary N) is 1. The normalized spacial score (nSPS) is 12.5. The summed E-state index contributed by atoms with van der Waals surface area (Å²) in [5, 5.41) is 21.3. The lowest BCUT2D eigenvalue weighted by molar-refractivity contribution is -0.138. The molecule has 10 heteroatoms. The van der Waals surface area contributed by atoms with Crippen molar-refractivity contribution in [2.45, 2.75) is 29.9 Å². The maximum absolute atomic E-state index is 10.8. The van der Waals surface area contributed by atoms with Gasteiger partial charge >= 0.3 is 5.97 Å². The van der Waals surface area contributed by atoms with Crippen LogP contribution in [0.4, 0.5) is 0 Å². The molecule has 24 heavy (non-hydrogen) atoms. The quantitative estimate of drug-likeness (QED) is 0.595. The van der Waals surface area contributed by atoms with Crippen LogP contribution in [0.5, 0.6) is 0 Å². The average Bonchev–Trinajstić information content (AvgIpc) is 2.98. The van der Waals surface area contributed by atoms with Gasteiger partial charge in [-0.1, -0.05) is 17.8 Å². The van der Waals surface area contributed by atoms with Gasteiger partial charge in [0.25, 0.3) is 0 Å². The molecule has 0 aliphatic rings. The number of tetrazole rings is 1. The Labute approximate surface area is 144 Å². The maximum atomic E-state index is 10.8. The summed E-state index contributed by atoms with van der Waals surface area (Å²) in [5.74, 6) is -0.435. The van der Waals surface area contributed by atoms with E-state index in [1.165, 1.54) is 11.8 Å². The Morgan fingerprint density at radius 3 is 2.88 bits per heavy atom. The van der Waals surface area contributed by atoms with Gasteiger partial charge in [0, 0.05) is 24.4 Å². The van der Waals surface area contributed by atoms with Crippen LogP contribution >= 0.6 is 11.8 Å².